The van der Waals surface area contributed by atoms with Crippen LogP contribution in [0.2, 0.25) is 0 Å². The normalized spacial score (nSPS) is 14.3. The number of unbranched alkanes of at least 4 members (excludes halogenated alkanes) is 16. The Bertz CT molecular complexity index is 1110. The lowest BCUT2D eigenvalue weighted by atomic mass is 10.1. The van der Waals surface area contributed by atoms with Gasteiger partial charge in [-0.05, 0) is 57.8 Å². The van der Waals surface area contributed by atoms with Gasteiger partial charge < -0.3 is 25.2 Å². The Balaban J connectivity index is 4.45. The first kappa shape index (κ1) is 51.4. The second kappa shape index (κ2) is 37.4. The number of allylic oxidation sites excluding steroid dienone is 8. The average Bonchev–Trinajstić information content (AvgIpc) is 3.14. The van der Waals surface area contributed by atoms with E-state index >= 15 is 0 Å². The van der Waals surface area contributed by atoms with Crippen LogP contribution < -0.4 is 5.73 Å². The molecular formula is C42H74NO10P. The van der Waals surface area contributed by atoms with Crippen LogP contribution in [0.4, 0.5) is 0 Å². The van der Waals surface area contributed by atoms with E-state index < -0.39 is 51.1 Å². The first-order chi connectivity index (χ1) is 26.1. The maximum absolute atomic E-state index is 12.6. The first-order valence-corrected chi connectivity index (χ1v) is 22.2. The van der Waals surface area contributed by atoms with Crippen molar-refractivity contribution < 1.29 is 47.5 Å². The van der Waals surface area contributed by atoms with Gasteiger partial charge in [0.05, 0.1) is 13.2 Å². The molecular weight excluding hydrogens is 709 g/mol. The maximum Gasteiger partial charge on any atom is 0.472 e. The Morgan fingerprint density at radius 1 is 0.574 bits per heavy atom. The summed E-state index contributed by atoms with van der Waals surface area (Å²) in [5.74, 6) is -2.42. The molecule has 0 aliphatic rings. The number of aliphatic carboxylic acids is 1. The summed E-state index contributed by atoms with van der Waals surface area (Å²) in [6.07, 6.45) is 40.3. The zero-order valence-electron chi connectivity index (χ0n) is 33.6. The molecule has 11 nitrogen and oxygen atoms in total. The van der Waals surface area contributed by atoms with Crippen molar-refractivity contribution in [2.75, 3.05) is 19.8 Å². The molecule has 12 heteroatoms. The number of esters is 2. The molecule has 0 radical (unpaired) electrons. The second-order valence-electron chi connectivity index (χ2n) is 13.8. The Kier molecular flexibility index (Phi) is 35.6. The highest BCUT2D eigenvalue weighted by Gasteiger charge is 2.28. The molecule has 0 amide bonds. The number of phosphoric acid groups is 1. The van der Waals surface area contributed by atoms with Crippen LogP contribution in [0.5, 0.6) is 0 Å². The number of ether oxygens (including phenoxy) is 2. The van der Waals surface area contributed by atoms with Crippen LogP contribution in [-0.4, -0.2) is 59.9 Å². The molecule has 1 unspecified atom stereocenters. The van der Waals surface area contributed by atoms with Crippen molar-refractivity contribution in [2.45, 2.75) is 180 Å². The monoisotopic (exact) mass is 784 g/mol. The Morgan fingerprint density at radius 3 is 1.50 bits per heavy atom. The molecule has 0 bridgehead atoms. The van der Waals surface area contributed by atoms with Gasteiger partial charge in [-0.3, -0.25) is 23.4 Å². The summed E-state index contributed by atoms with van der Waals surface area (Å²) < 4.78 is 32.6. The van der Waals surface area contributed by atoms with Crippen molar-refractivity contribution in [1.82, 2.24) is 0 Å². The molecule has 54 heavy (non-hydrogen) atoms. The molecule has 0 saturated heterocycles. The van der Waals surface area contributed by atoms with Gasteiger partial charge in [-0.25, -0.2) is 4.57 Å². The molecule has 0 spiro atoms. The zero-order chi connectivity index (χ0) is 40.0. The van der Waals surface area contributed by atoms with Crippen LogP contribution in [0.1, 0.15) is 168 Å². The number of carboxylic acids is 1. The molecule has 3 atom stereocenters. The summed E-state index contributed by atoms with van der Waals surface area (Å²) in [6.45, 7) is 2.72. The number of phosphoric ester groups is 1. The molecule has 0 aliphatic carbocycles. The third-order valence-electron chi connectivity index (χ3n) is 8.58. The summed E-state index contributed by atoms with van der Waals surface area (Å²) in [4.78, 5) is 45.8. The van der Waals surface area contributed by atoms with E-state index in [9.17, 15) is 23.8 Å². The lowest BCUT2D eigenvalue weighted by Gasteiger charge is -2.20. The summed E-state index contributed by atoms with van der Waals surface area (Å²) in [5.41, 5.74) is 5.32. The molecule has 0 aromatic heterocycles. The fourth-order valence-corrected chi connectivity index (χ4v) is 6.06. The Labute approximate surface area is 326 Å². The second-order valence-corrected chi connectivity index (χ2v) is 15.2. The summed E-state index contributed by atoms with van der Waals surface area (Å²) in [7, 11) is -4.72. The fourth-order valence-electron chi connectivity index (χ4n) is 5.28. The molecule has 0 saturated carbocycles. The van der Waals surface area contributed by atoms with E-state index in [1.165, 1.54) is 70.6 Å². The largest absolute Gasteiger partial charge is 0.480 e. The smallest absolute Gasteiger partial charge is 0.472 e. The van der Waals surface area contributed by atoms with Gasteiger partial charge in [0.1, 0.15) is 12.6 Å². The van der Waals surface area contributed by atoms with E-state index in [0.29, 0.717) is 12.8 Å². The number of hydrogen-bond acceptors (Lipinski definition) is 9. The van der Waals surface area contributed by atoms with Crippen molar-refractivity contribution in [3.05, 3.63) is 48.6 Å². The highest BCUT2D eigenvalue weighted by Crippen LogP contribution is 2.43. The van der Waals surface area contributed by atoms with Gasteiger partial charge in [0.25, 0.3) is 0 Å². The van der Waals surface area contributed by atoms with Gasteiger partial charge >= 0.3 is 25.7 Å². The first-order valence-electron chi connectivity index (χ1n) is 20.7. The minimum Gasteiger partial charge on any atom is -0.480 e. The molecule has 0 fully saturated rings. The number of carboxylic acid groups (broad SMARTS) is 1. The van der Waals surface area contributed by atoms with Crippen molar-refractivity contribution in [3.8, 4) is 0 Å². The molecule has 0 aromatic carbocycles. The predicted molar refractivity (Wildman–Crippen MR) is 217 cm³/mol. The number of carbonyl (C=O) groups is 3. The average molecular weight is 784 g/mol. The number of rotatable bonds is 38. The molecule has 0 aliphatic heterocycles. The molecule has 0 aromatic rings. The van der Waals surface area contributed by atoms with Crippen LogP contribution in [-0.2, 0) is 37.5 Å². The van der Waals surface area contributed by atoms with Crippen LogP contribution in [0.25, 0.3) is 0 Å². The van der Waals surface area contributed by atoms with E-state index in [4.69, 9.17) is 24.8 Å². The van der Waals surface area contributed by atoms with Gasteiger partial charge in [-0.2, -0.15) is 0 Å². The van der Waals surface area contributed by atoms with Gasteiger partial charge in [0, 0.05) is 12.8 Å². The van der Waals surface area contributed by atoms with E-state index in [1.54, 1.807) is 0 Å². The number of nitrogens with two attached hydrogens (primary N) is 1. The van der Waals surface area contributed by atoms with Crippen molar-refractivity contribution >= 4 is 25.7 Å². The lowest BCUT2D eigenvalue weighted by molar-refractivity contribution is -0.161. The van der Waals surface area contributed by atoms with Crippen LogP contribution in [0.15, 0.2) is 48.6 Å². The highest BCUT2D eigenvalue weighted by atomic mass is 31.2. The molecule has 312 valence electrons. The number of carbonyl (C=O) groups excluding carboxylic acids is 2. The zero-order valence-corrected chi connectivity index (χ0v) is 34.4. The van der Waals surface area contributed by atoms with Crippen LogP contribution in [0.3, 0.4) is 0 Å². The summed E-state index contributed by atoms with van der Waals surface area (Å²) in [5, 5.41) is 8.87. The van der Waals surface area contributed by atoms with Gasteiger partial charge in [0.15, 0.2) is 6.10 Å². The van der Waals surface area contributed by atoms with E-state index in [-0.39, 0.29) is 19.4 Å². The topological polar surface area (TPSA) is 172 Å². The van der Waals surface area contributed by atoms with Gasteiger partial charge in [-0.15, -0.1) is 0 Å². The number of hydrogen-bond donors (Lipinski definition) is 3. The van der Waals surface area contributed by atoms with E-state index in [0.717, 1.165) is 57.8 Å². The summed E-state index contributed by atoms with van der Waals surface area (Å²) >= 11 is 0. The van der Waals surface area contributed by atoms with E-state index in [1.807, 2.05) is 0 Å². The minimum atomic E-state index is -4.72. The molecule has 4 N–H and O–H groups in total. The van der Waals surface area contributed by atoms with Gasteiger partial charge in [0.2, 0.25) is 0 Å². The Hall–Kier alpha value is -2.56. The van der Waals surface area contributed by atoms with Crippen LogP contribution in [0, 0.1) is 0 Å². The third kappa shape index (κ3) is 36.4. The standard InChI is InChI=1S/C42H74NO10P/c1-3-5-7-9-11-13-15-16-17-18-19-20-21-22-24-26-28-30-32-34-41(45)53-38(36-51-54(48,49)52-37-39(43)42(46)47)35-50-40(44)33-31-29-27-25-23-14-12-10-8-6-4-2/h11,13,16-17,19-20,22,24,38-39H,3-10,12,14-15,18,21,23,25-37,43H2,1-2H3,(H,46,47)(H,48,49)/b13-11-,17-16-,20-19-,24-22-/t38-,39+/m1/s1. The van der Waals surface area contributed by atoms with Gasteiger partial charge in [-0.1, -0.05) is 146 Å². The Morgan fingerprint density at radius 2 is 0.981 bits per heavy atom. The SMILES string of the molecule is CCCCC/C=C\C/C=C\C/C=C\C/C=C\CCCCCC(=O)O[C@H](COC(=O)CCCCCCCCCCCCC)COP(=O)(O)OC[C@H](N)C(=O)O. The predicted octanol–water partition coefficient (Wildman–Crippen LogP) is 10.6. The highest BCUT2D eigenvalue weighted by molar-refractivity contribution is 7.47. The van der Waals surface area contributed by atoms with Crippen molar-refractivity contribution in [3.63, 3.8) is 0 Å². The fraction of sp³-hybridized carbons (Fsp3) is 0.738. The van der Waals surface area contributed by atoms with Crippen LogP contribution >= 0.6 is 7.82 Å². The summed E-state index contributed by atoms with van der Waals surface area (Å²) in [6, 6.07) is -1.53. The maximum atomic E-state index is 12.6. The third-order valence-corrected chi connectivity index (χ3v) is 9.53. The lowest BCUT2D eigenvalue weighted by Crippen LogP contribution is -2.34. The van der Waals surface area contributed by atoms with Crippen molar-refractivity contribution in [2.24, 2.45) is 5.73 Å². The quantitative estimate of drug-likeness (QED) is 0.0235. The molecule has 0 rings (SSSR count). The van der Waals surface area contributed by atoms with E-state index in [2.05, 4.69) is 67.0 Å². The van der Waals surface area contributed by atoms with Crippen molar-refractivity contribution in [1.29, 1.82) is 0 Å². The minimum absolute atomic E-state index is 0.124. The molecule has 0 heterocycles.